The fourth-order valence-corrected chi connectivity index (χ4v) is 2.93. The molecule has 28 heavy (non-hydrogen) atoms. The number of halogens is 3. The first-order valence-electron chi connectivity index (χ1n) is 7.89. The molecule has 0 fully saturated rings. The molecule has 0 aliphatic heterocycles. The number of primary amides is 1. The molecule has 0 spiro atoms. The number of H-pyrrole nitrogens is 1. The van der Waals surface area contributed by atoms with Gasteiger partial charge in [0.25, 0.3) is 5.91 Å². The quantitative estimate of drug-likeness (QED) is 0.550. The van der Waals surface area contributed by atoms with Crippen molar-refractivity contribution in [1.82, 2.24) is 19.5 Å². The van der Waals surface area contributed by atoms with Gasteiger partial charge in [0.1, 0.15) is 22.8 Å². The van der Waals surface area contributed by atoms with Crippen LogP contribution in [0.2, 0.25) is 5.02 Å². The van der Waals surface area contributed by atoms with Gasteiger partial charge in [-0.25, -0.2) is 28.1 Å². The molecule has 0 aliphatic rings. The number of amides is 1. The van der Waals surface area contributed by atoms with Crippen LogP contribution < -0.4 is 11.4 Å². The second-order valence-electron chi connectivity index (χ2n) is 5.80. The number of nitrogens with two attached hydrogens (primary N) is 1. The van der Waals surface area contributed by atoms with E-state index < -0.39 is 28.9 Å². The molecule has 0 saturated carbocycles. The van der Waals surface area contributed by atoms with Gasteiger partial charge in [0.15, 0.2) is 17.2 Å². The lowest BCUT2D eigenvalue weighted by molar-refractivity contribution is 0.0997. The minimum absolute atomic E-state index is 0.0301. The first kappa shape index (κ1) is 17.8. The van der Waals surface area contributed by atoms with Gasteiger partial charge < -0.3 is 10.7 Å². The lowest BCUT2D eigenvalue weighted by Crippen LogP contribution is -2.17. The summed E-state index contributed by atoms with van der Waals surface area (Å²) < 4.78 is 29.3. The van der Waals surface area contributed by atoms with E-state index in [0.717, 1.165) is 18.2 Å². The van der Waals surface area contributed by atoms with Crippen molar-refractivity contribution in [3.63, 3.8) is 0 Å². The van der Waals surface area contributed by atoms with Gasteiger partial charge in [-0.1, -0.05) is 17.7 Å². The first-order chi connectivity index (χ1) is 13.4. The van der Waals surface area contributed by atoms with E-state index in [9.17, 15) is 18.4 Å². The highest BCUT2D eigenvalue weighted by Gasteiger charge is 2.23. The van der Waals surface area contributed by atoms with E-state index in [0.29, 0.717) is 15.2 Å². The molecule has 0 bridgehead atoms. The Morgan fingerprint density at radius 3 is 2.32 bits per heavy atom. The van der Waals surface area contributed by atoms with Gasteiger partial charge in [0.2, 0.25) is 0 Å². The van der Waals surface area contributed by atoms with Crippen molar-refractivity contribution >= 4 is 28.7 Å². The number of carbonyl (C=O) groups is 1. The molecule has 4 aromatic rings. The summed E-state index contributed by atoms with van der Waals surface area (Å²) in [6.45, 7) is 0. The third-order valence-electron chi connectivity index (χ3n) is 4.03. The van der Waals surface area contributed by atoms with Crippen LogP contribution in [0, 0.1) is 11.6 Å². The lowest BCUT2D eigenvalue weighted by Gasteiger charge is -2.08. The Hall–Kier alpha value is -3.59. The number of nitrogens with zero attached hydrogens (tertiary/aromatic N) is 3. The minimum Gasteiger partial charge on any atom is -0.364 e. The number of aromatic nitrogens is 4. The highest BCUT2D eigenvalue weighted by molar-refractivity contribution is 6.30. The van der Waals surface area contributed by atoms with Crippen molar-refractivity contribution in [3.8, 4) is 17.1 Å². The fraction of sp³-hybridized carbons (Fsp3) is 0. The number of nitrogens with one attached hydrogen (secondary N) is 1. The molecule has 7 nitrogen and oxygen atoms in total. The average Bonchev–Trinajstić information content (AvgIpc) is 2.97. The molecule has 0 aliphatic carbocycles. The standard InChI is InChI=1S/C18H10ClF2N5O2/c19-9-6-4-8(5-7-9)16-23-12(15(22)27)13-17(25-16)26(18(28)24-13)14-10(20)2-1-3-11(14)21/h1-7H,(H2,22,27)(H,24,28). The van der Waals surface area contributed by atoms with E-state index in [1.807, 2.05) is 0 Å². The molecule has 0 saturated heterocycles. The number of carbonyl (C=O) groups excluding carboxylic acids is 1. The molecular formula is C18H10ClF2N5O2. The van der Waals surface area contributed by atoms with Gasteiger partial charge in [0, 0.05) is 10.6 Å². The van der Waals surface area contributed by atoms with E-state index in [2.05, 4.69) is 15.0 Å². The molecule has 2 aromatic heterocycles. The highest BCUT2D eigenvalue weighted by atomic mass is 35.5. The van der Waals surface area contributed by atoms with Crippen molar-refractivity contribution in [2.75, 3.05) is 0 Å². The number of imidazole rings is 1. The molecule has 2 aromatic carbocycles. The second-order valence-corrected chi connectivity index (χ2v) is 6.24. The van der Waals surface area contributed by atoms with Gasteiger partial charge in [-0.3, -0.25) is 4.79 Å². The smallest absolute Gasteiger partial charge is 0.332 e. The number of para-hydroxylation sites is 1. The SMILES string of the molecule is NC(=O)c1nc(-c2ccc(Cl)cc2)nc2c1[nH]c(=O)n2-c1c(F)cccc1F. The minimum atomic E-state index is -0.977. The van der Waals surface area contributed by atoms with Crippen molar-refractivity contribution in [2.24, 2.45) is 5.73 Å². The van der Waals surface area contributed by atoms with Gasteiger partial charge in [-0.15, -0.1) is 0 Å². The number of rotatable bonds is 3. The fourth-order valence-electron chi connectivity index (χ4n) is 2.80. The predicted molar refractivity (Wildman–Crippen MR) is 98.4 cm³/mol. The van der Waals surface area contributed by atoms with Crippen LogP contribution in [0.5, 0.6) is 0 Å². The summed E-state index contributed by atoms with van der Waals surface area (Å²) in [5.41, 5.74) is 3.70. The van der Waals surface area contributed by atoms with E-state index in [-0.39, 0.29) is 22.7 Å². The zero-order chi connectivity index (χ0) is 20.0. The molecule has 10 heteroatoms. The van der Waals surface area contributed by atoms with E-state index in [4.69, 9.17) is 17.3 Å². The van der Waals surface area contributed by atoms with Crippen LogP contribution in [0.1, 0.15) is 10.5 Å². The van der Waals surface area contributed by atoms with Crippen molar-refractivity contribution < 1.29 is 13.6 Å². The summed E-state index contributed by atoms with van der Waals surface area (Å²) in [4.78, 5) is 35.0. The van der Waals surface area contributed by atoms with E-state index >= 15 is 0 Å². The van der Waals surface area contributed by atoms with Gasteiger partial charge >= 0.3 is 5.69 Å². The van der Waals surface area contributed by atoms with E-state index in [1.165, 1.54) is 0 Å². The summed E-state index contributed by atoms with van der Waals surface area (Å²) in [6, 6.07) is 9.50. The third-order valence-corrected chi connectivity index (χ3v) is 4.29. The Bertz CT molecular complexity index is 1280. The van der Waals surface area contributed by atoms with Crippen molar-refractivity contribution in [2.45, 2.75) is 0 Å². The van der Waals surface area contributed by atoms with Crippen LogP contribution in [0.25, 0.3) is 28.2 Å². The van der Waals surface area contributed by atoms with E-state index in [1.54, 1.807) is 24.3 Å². The van der Waals surface area contributed by atoms with Crippen LogP contribution in [0.15, 0.2) is 47.3 Å². The maximum atomic E-state index is 14.3. The zero-order valence-corrected chi connectivity index (χ0v) is 14.7. The van der Waals surface area contributed by atoms with Crippen LogP contribution in [-0.4, -0.2) is 25.4 Å². The van der Waals surface area contributed by atoms with Crippen LogP contribution in [0.3, 0.4) is 0 Å². The maximum Gasteiger partial charge on any atom is 0.332 e. The largest absolute Gasteiger partial charge is 0.364 e. The van der Waals surface area contributed by atoms with Gasteiger partial charge in [-0.05, 0) is 36.4 Å². The number of hydrogen-bond donors (Lipinski definition) is 2. The molecule has 3 N–H and O–H groups in total. The molecule has 0 atom stereocenters. The molecule has 0 unspecified atom stereocenters. The summed E-state index contributed by atoms with van der Waals surface area (Å²) in [5.74, 6) is -2.86. The number of fused-ring (bicyclic) bond motifs is 1. The van der Waals surface area contributed by atoms with Crippen LogP contribution in [-0.2, 0) is 0 Å². The summed E-state index contributed by atoms with van der Waals surface area (Å²) in [5, 5.41) is 0.465. The normalized spacial score (nSPS) is 11.1. The second kappa shape index (κ2) is 6.54. The zero-order valence-electron chi connectivity index (χ0n) is 13.9. The lowest BCUT2D eigenvalue weighted by atomic mass is 10.2. The number of benzene rings is 2. The predicted octanol–water partition coefficient (Wildman–Crippen LogP) is 2.81. The van der Waals surface area contributed by atoms with Crippen LogP contribution in [0.4, 0.5) is 8.78 Å². The van der Waals surface area contributed by atoms with Crippen LogP contribution >= 0.6 is 11.6 Å². The molecule has 4 rings (SSSR count). The Morgan fingerprint density at radius 2 is 1.71 bits per heavy atom. The summed E-state index contributed by atoms with van der Waals surface area (Å²) in [6.07, 6.45) is 0. The topological polar surface area (TPSA) is 107 Å². The Kier molecular flexibility index (Phi) is 4.16. The van der Waals surface area contributed by atoms with Crippen molar-refractivity contribution in [1.29, 1.82) is 0 Å². The summed E-state index contributed by atoms with van der Waals surface area (Å²) >= 11 is 5.87. The molecule has 0 radical (unpaired) electrons. The molecule has 1 amide bonds. The third kappa shape index (κ3) is 2.81. The van der Waals surface area contributed by atoms with Crippen molar-refractivity contribution in [3.05, 3.63) is 75.3 Å². The number of aromatic amines is 1. The monoisotopic (exact) mass is 401 g/mol. The molecule has 140 valence electrons. The van der Waals surface area contributed by atoms with Gasteiger partial charge in [0.05, 0.1) is 0 Å². The summed E-state index contributed by atoms with van der Waals surface area (Å²) in [7, 11) is 0. The Labute approximate surface area is 160 Å². The van der Waals surface area contributed by atoms with Gasteiger partial charge in [-0.2, -0.15) is 0 Å². The molecule has 2 heterocycles. The average molecular weight is 402 g/mol. The Morgan fingerprint density at radius 1 is 1.07 bits per heavy atom. The highest BCUT2D eigenvalue weighted by Crippen LogP contribution is 2.25. The first-order valence-corrected chi connectivity index (χ1v) is 8.27. The maximum absolute atomic E-state index is 14.3. The molecular weight excluding hydrogens is 392 g/mol. The number of hydrogen-bond acceptors (Lipinski definition) is 4. The Balaban J connectivity index is 2.10.